The third-order valence-electron chi connectivity index (χ3n) is 5.37. The molecule has 0 aromatic heterocycles. The molecule has 0 spiro atoms. The minimum absolute atomic E-state index is 0.0520. The van der Waals surface area contributed by atoms with Crippen LogP contribution >= 0.6 is 11.8 Å². The molecule has 1 aliphatic rings. The summed E-state index contributed by atoms with van der Waals surface area (Å²) in [4.78, 5) is 27.2. The summed E-state index contributed by atoms with van der Waals surface area (Å²) in [6.45, 7) is 4.91. The second kappa shape index (κ2) is 11.9. The number of carbonyl (C=O) groups is 2. The van der Waals surface area contributed by atoms with Gasteiger partial charge in [0.05, 0.1) is 11.4 Å². The fraction of sp³-hybridized carbons (Fsp3) is 0.440. The van der Waals surface area contributed by atoms with Gasteiger partial charge in [0.1, 0.15) is 12.6 Å². The molecule has 2 aromatic rings. The van der Waals surface area contributed by atoms with Gasteiger partial charge in [0, 0.05) is 18.8 Å². The van der Waals surface area contributed by atoms with E-state index < -0.39 is 18.2 Å². The number of β-amino-alcohol motifs (C(OH)–C–C–N with tert-alkyl or cyclic N) is 1. The van der Waals surface area contributed by atoms with E-state index in [0.717, 1.165) is 11.3 Å². The lowest BCUT2D eigenvalue weighted by Crippen LogP contribution is -2.49. The third kappa shape index (κ3) is 7.28. The van der Waals surface area contributed by atoms with Gasteiger partial charge < -0.3 is 20.1 Å². The average Bonchev–Trinajstić information content (AvgIpc) is 3.17. The van der Waals surface area contributed by atoms with Gasteiger partial charge in [-0.25, -0.2) is 4.79 Å². The number of amides is 2. The molecule has 2 amide bonds. The van der Waals surface area contributed by atoms with Gasteiger partial charge in [0.2, 0.25) is 5.91 Å². The Balaban J connectivity index is 1.54. The molecule has 1 heterocycles. The molecule has 0 bridgehead atoms. The molecule has 7 heteroatoms. The van der Waals surface area contributed by atoms with Crippen LogP contribution in [0.3, 0.4) is 0 Å². The van der Waals surface area contributed by atoms with Gasteiger partial charge in [0.15, 0.2) is 0 Å². The topological polar surface area (TPSA) is 78.9 Å². The van der Waals surface area contributed by atoms with Gasteiger partial charge in [-0.05, 0) is 23.5 Å². The number of hydrogen-bond donors (Lipinski definition) is 2. The Kier molecular flexibility index (Phi) is 9.00. The second-order valence-corrected chi connectivity index (χ2v) is 9.76. The molecule has 172 valence electrons. The molecular weight excluding hydrogens is 424 g/mol. The molecule has 0 radical (unpaired) electrons. The molecular formula is C25H32N2O4S. The van der Waals surface area contributed by atoms with Crippen molar-refractivity contribution in [2.45, 2.75) is 50.0 Å². The zero-order chi connectivity index (χ0) is 22.9. The van der Waals surface area contributed by atoms with Gasteiger partial charge in [-0.3, -0.25) is 4.79 Å². The SMILES string of the molecule is CC(C)C[C@H](NC(=O)OCc1ccccc1)C(=O)N1CC(O)C(SCc2ccccc2)C1. The average molecular weight is 457 g/mol. The van der Waals surface area contributed by atoms with Crippen molar-refractivity contribution in [3.8, 4) is 0 Å². The van der Waals surface area contributed by atoms with Crippen molar-refractivity contribution in [2.24, 2.45) is 5.92 Å². The van der Waals surface area contributed by atoms with E-state index in [0.29, 0.717) is 13.0 Å². The number of nitrogens with zero attached hydrogens (tertiary/aromatic N) is 1. The first-order valence-corrected chi connectivity index (χ1v) is 12.1. The number of rotatable bonds is 9. The fourth-order valence-corrected chi connectivity index (χ4v) is 4.89. The fourth-order valence-electron chi connectivity index (χ4n) is 3.70. The number of nitrogens with one attached hydrogen (secondary N) is 1. The number of aliphatic hydroxyl groups is 1. The van der Waals surface area contributed by atoms with E-state index in [1.807, 2.05) is 62.4 Å². The van der Waals surface area contributed by atoms with E-state index in [9.17, 15) is 14.7 Å². The van der Waals surface area contributed by atoms with Crippen molar-refractivity contribution in [1.29, 1.82) is 0 Å². The predicted octanol–water partition coefficient (Wildman–Crippen LogP) is 3.83. The Morgan fingerprint density at radius 1 is 1.06 bits per heavy atom. The van der Waals surface area contributed by atoms with Crippen LogP contribution in [0.4, 0.5) is 4.79 Å². The van der Waals surface area contributed by atoms with E-state index in [1.54, 1.807) is 16.7 Å². The van der Waals surface area contributed by atoms with Crippen molar-refractivity contribution in [3.05, 3.63) is 71.8 Å². The van der Waals surface area contributed by atoms with Crippen LogP contribution in [0.2, 0.25) is 0 Å². The van der Waals surface area contributed by atoms with Crippen LogP contribution in [0.15, 0.2) is 60.7 Å². The van der Waals surface area contributed by atoms with Crippen LogP contribution in [0.25, 0.3) is 0 Å². The number of carbonyl (C=O) groups excluding carboxylic acids is 2. The number of alkyl carbamates (subject to hydrolysis) is 1. The van der Waals surface area contributed by atoms with Crippen LogP contribution in [-0.4, -0.2) is 52.5 Å². The zero-order valence-corrected chi connectivity index (χ0v) is 19.5. The summed E-state index contributed by atoms with van der Waals surface area (Å²) in [6, 6.07) is 18.8. The van der Waals surface area contributed by atoms with E-state index in [1.165, 1.54) is 5.56 Å². The van der Waals surface area contributed by atoms with Gasteiger partial charge >= 0.3 is 6.09 Å². The molecule has 2 unspecified atom stereocenters. The lowest BCUT2D eigenvalue weighted by molar-refractivity contribution is -0.133. The van der Waals surface area contributed by atoms with Crippen molar-refractivity contribution in [1.82, 2.24) is 10.2 Å². The third-order valence-corrected chi connectivity index (χ3v) is 6.76. The zero-order valence-electron chi connectivity index (χ0n) is 18.6. The molecule has 32 heavy (non-hydrogen) atoms. The lowest BCUT2D eigenvalue weighted by Gasteiger charge is -2.25. The summed E-state index contributed by atoms with van der Waals surface area (Å²) in [6.07, 6.45) is -0.687. The molecule has 3 rings (SSSR count). The normalized spacial score (nSPS) is 19.1. The maximum absolute atomic E-state index is 13.2. The van der Waals surface area contributed by atoms with Gasteiger partial charge in [-0.1, -0.05) is 74.5 Å². The van der Waals surface area contributed by atoms with Crippen LogP contribution in [-0.2, 0) is 21.9 Å². The predicted molar refractivity (Wildman–Crippen MR) is 127 cm³/mol. The largest absolute Gasteiger partial charge is 0.445 e. The first-order chi connectivity index (χ1) is 15.4. The molecule has 0 saturated carbocycles. The molecule has 2 aromatic carbocycles. The van der Waals surface area contributed by atoms with Crippen LogP contribution in [0, 0.1) is 5.92 Å². The Morgan fingerprint density at radius 2 is 1.69 bits per heavy atom. The van der Waals surface area contributed by atoms with Crippen LogP contribution < -0.4 is 5.32 Å². The first-order valence-electron chi connectivity index (χ1n) is 11.0. The van der Waals surface area contributed by atoms with Crippen molar-refractivity contribution >= 4 is 23.8 Å². The minimum atomic E-state index is -0.677. The Morgan fingerprint density at radius 3 is 2.31 bits per heavy atom. The highest BCUT2D eigenvalue weighted by Gasteiger charge is 2.37. The first kappa shape index (κ1) is 24.1. The van der Waals surface area contributed by atoms with E-state index in [-0.39, 0.29) is 30.2 Å². The highest BCUT2D eigenvalue weighted by Crippen LogP contribution is 2.27. The summed E-state index contributed by atoms with van der Waals surface area (Å²) in [5.74, 6) is 0.829. The highest BCUT2D eigenvalue weighted by molar-refractivity contribution is 7.99. The number of ether oxygens (including phenoxy) is 1. The smallest absolute Gasteiger partial charge is 0.408 e. The van der Waals surface area contributed by atoms with E-state index in [4.69, 9.17) is 4.74 Å². The molecule has 6 nitrogen and oxygen atoms in total. The van der Waals surface area contributed by atoms with Gasteiger partial charge in [-0.2, -0.15) is 0 Å². The molecule has 3 atom stereocenters. The number of thioether (sulfide) groups is 1. The second-order valence-electron chi connectivity index (χ2n) is 8.53. The standard InChI is InChI=1S/C25H32N2O4S/c1-18(2)13-21(26-25(30)31-16-19-9-5-3-6-10-19)24(29)27-14-22(28)23(15-27)32-17-20-11-7-4-8-12-20/h3-12,18,21-23,28H,13-17H2,1-2H3,(H,26,30)/t21-,22?,23?/m0/s1. The number of hydrogen-bond acceptors (Lipinski definition) is 5. The molecule has 1 fully saturated rings. The van der Waals surface area contributed by atoms with Crippen molar-refractivity contribution in [3.63, 3.8) is 0 Å². The number of benzene rings is 2. The van der Waals surface area contributed by atoms with Crippen molar-refractivity contribution < 1.29 is 19.4 Å². The summed E-state index contributed by atoms with van der Waals surface area (Å²) in [5, 5.41) is 13.2. The van der Waals surface area contributed by atoms with Crippen LogP contribution in [0.1, 0.15) is 31.4 Å². The summed E-state index contributed by atoms with van der Waals surface area (Å²) in [5.41, 5.74) is 2.07. The Labute approximate surface area is 194 Å². The maximum atomic E-state index is 13.2. The van der Waals surface area contributed by atoms with Gasteiger partial charge in [0.25, 0.3) is 0 Å². The molecule has 0 aliphatic carbocycles. The quantitative estimate of drug-likeness (QED) is 0.600. The van der Waals surface area contributed by atoms with Crippen molar-refractivity contribution in [2.75, 3.05) is 13.1 Å². The minimum Gasteiger partial charge on any atom is -0.445 e. The Hall–Kier alpha value is -2.51. The summed E-state index contributed by atoms with van der Waals surface area (Å²) >= 11 is 1.66. The molecule has 1 saturated heterocycles. The maximum Gasteiger partial charge on any atom is 0.408 e. The van der Waals surface area contributed by atoms with Crippen LogP contribution in [0.5, 0.6) is 0 Å². The monoisotopic (exact) mass is 456 g/mol. The summed E-state index contributed by atoms with van der Waals surface area (Å²) in [7, 11) is 0. The summed E-state index contributed by atoms with van der Waals surface area (Å²) < 4.78 is 5.31. The number of aliphatic hydroxyl groups excluding tert-OH is 1. The molecule has 2 N–H and O–H groups in total. The van der Waals surface area contributed by atoms with Gasteiger partial charge in [-0.15, -0.1) is 11.8 Å². The molecule has 1 aliphatic heterocycles. The van der Waals surface area contributed by atoms with E-state index >= 15 is 0 Å². The lowest BCUT2D eigenvalue weighted by atomic mass is 10.0. The Bertz CT molecular complexity index is 863. The highest BCUT2D eigenvalue weighted by atomic mass is 32.2. The number of likely N-dealkylation sites (tertiary alicyclic amines) is 1. The van der Waals surface area contributed by atoms with E-state index in [2.05, 4.69) is 17.4 Å².